The van der Waals surface area contributed by atoms with Gasteiger partial charge in [-0.15, -0.1) is 35.3 Å². The minimum absolute atomic E-state index is 0. The Bertz CT molecular complexity index is 659. The van der Waals surface area contributed by atoms with E-state index in [-0.39, 0.29) is 24.0 Å². The number of nitrogens with two attached hydrogens (primary N) is 1. The van der Waals surface area contributed by atoms with Crippen molar-refractivity contribution in [3.63, 3.8) is 0 Å². The van der Waals surface area contributed by atoms with Crippen molar-refractivity contribution in [3.05, 3.63) is 40.4 Å². The molecule has 0 unspecified atom stereocenters. The van der Waals surface area contributed by atoms with E-state index >= 15 is 0 Å². The highest BCUT2D eigenvalue weighted by molar-refractivity contribution is 14.0. The Labute approximate surface area is 165 Å². The molecule has 24 heavy (non-hydrogen) atoms. The van der Waals surface area contributed by atoms with E-state index in [0.717, 1.165) is 29.4 Å². The number of aryl methyl sites for hydroxylation is 2. The molecule has 1 aromatic heterocycles. The summed E-state index contributed by atoms with van der Waals surface area (Å²) < 4.78 is 0. The molecule has 0 bridgehead atoms. The van der Waals surface area contributed by atoms with Gasteiger partial charge in [0.2, 0.25) is 0 Å². The standard InChI is InChI=1S/C17H25N5S.HI/c1-5-12-8-7-9-13(6-2)15(12)21-16(18)19-10-14-11-23-17(20-14)22(3)4;/h7-9,11H,5-6,10H2,1-4H3,(H3,18,19,21);1H. The SMILES string of the molecule is CCc1cccc(CC)c1NC(N)=NCc1csc(N(C)C)n1.I. The summed E-state index contributed by atoms with van der Waals surface area (Å²) in [6, 6.07) is 6.34. The van der Waals surface area contributed by atoms with E-state index in [1.54, 1.807) is 11.3 Å². The first-order valence-electron chi connectivity index (χ1n) is 7.84. The fraction of sp³-hybridized carbons (Fsp3) is 0.412. The third kappa shape index (κ3) is 5.34. The summed E-state index contributed by atoms with van der Waals surface area (Å²) >= 11 is 1.61. The molecule has 0 saturated carbocycles. The number of guanidine groups is 1. The Kier molecular flexibility index (Phi) is 8.47. The smallest absolute Gasteiger partial charge is 0.193 e. The van der Waals surface area contributed by atoms with Crippen molar-refractivity contribution in [2.75, 3.05) is 24.3 Å². The van der Waals surface area contributed by atoms with Crippen LogP contribution in [0.15, 0.2) is 28.6 Å². The molecule has 0 aliphatic rings. The van der Waals surface area contributed by atoms with Crippen LogP contribution in [0.4, 0.5) is 10.8 Å². The summed E-state index contributed by atoms with van der Waals surface area (Å²) in [7, 11) is 3.96. The van der Waals surface area contributed by atoms with Gasteiger partial charge in [-0.3, -0.25) is 0 Å². The van der Waals surface area contributed by atoms with Crippen LogP contribution < -0.4 is 16.0 Å². The van der Waals surface area contributed by atoms with E-state index in [1.165, 1.54) is 11.1 Å². The Morgan fingerprint density at radius 2 is 1.88 bits per heavy atom. The molecule has 0 amide bonds. The van der Waals surface area contributed by atoms with Gasteiger partial charge in [0.15, 0.2) is 11.1 Å². The van der Waals surface area contributed by atoms with Crippen LogP contribution >= 0.6 is 35.3 Å². The fourth-order valence-corrected chi connectivity index (χ4v) is 3.06. The van der Waals surface area contributed by atoms with Gasteiger partial charge in [0.25, 0.3) is 0 Å². The predicted octanol–water partition coefficient (Wildman–Crippen LogP) is 3.88. The highest BCUT2D eigenvalue weighted by atomic mass is 127. The maximum absolute atomic E-state index is 6.07. The Morgan fingerprint density at radius 3 is 2.38 bits per heavy atom. The normalized spacial score (nSPS) is 11.1. The number of benzene rings is 1. The lowest BCUT2D eigenvalue weighted by molar-refractivity contribution is 0.985. The zero-order valence-electron chi connectivity index (χ0n) is 14.7. The first-order chi connectivity index (χ1) is 11.0. The molecule has 132 valence electrons. The Hall–Kier alpha value is -1.35. The van der Waals surface area contributed by atoms with E-state index < -0.39 is 0 Å². The molecule has 0 fully saturated rings. The van der Waals surface area contributed by atoms with Crippen LogP contribution in [0.1, 0.15) is 30.7 Å². The van der Waals surface area contributed by atoms with Gasteiger partial charge in [-0.25, -0.2) is 9.98 Å². The van der Waals surface area contributed by atoms with E-state index in [9.17, 15) is 0 Å². The van der Waals surface area contributed by atoms with Crippen LogP contribution in [0.2, 0.25) is 0 Å². The van der Waals surface area contributed by atoms with Gasteiger partial charge in [-0.05, 0) is 24.0 Å². The number of nitrogens with one attached hydrogen (secondary N) is 1. The van der Waals surface area contributed by atoms with Gasteiger partial charge >= 0.3 is 0 Å². The first-order valence-corrected chi connectivity index (χ1v) is 8.72. The quantitative estimate of drug-likeness (QED) is 0.391. The molecule has 0 aliphatic heterocycles. The molecule has 1 heterocycles. The highest BCUT2D eigenvalue weighted by Gasteiger charge is 2.07. The van der Waals surface area contributed by atoms with Crippen molar-refractivity contribution in [2.45, 2.75) is 33.2 Å². The number of halogens is 1. The van der Waals surface area contributed by atoms with Crippen LogP contribution in [-0.4, -0.2) is 25.0 Å². The fourth-order valence-electron chi connectivity index (χ4n) is 2.31. The number of nitrogens with zero attached hydrogens (tertiary/aromatic N) is 3. The topological polar surface area (TPSA) is 66.5 Å². The predicted molar refractivity (Wildman–Crippen MR) is 116 cm³/mol. The van der Waals surface area contributed by atoms with Crippen LogP contribution in [0.3, 0.4) is 0 Å². The van der Waals surface area contributed by atoms with Crippen LogP contribution in [-0.2, 0) is 19.4 Å². The molecule has 0 radical (unpaired) electrons. The molecular formula is C17H26IN5S. The zero-order chi connectivity index (χ0) is 16.8. The van der Waals surface area contributed by atoms with Gasteiger partial charge in [-0.2, -0.15) is 0 Å². The molecule has 0 aliphatic carbocycles. The second-order valence-corrected chi connectivity index (χ2v) is 6.34. The van der Waals surface area contributed by atoms with Crippen LogP contribution in [0.25, 0.3) is 0 Å². The monoisotopic (exact) mass is 459 g/mol. The molecule has 1 aromatic carbocycles. The summed E-state index contributed by atoms with van der Waals surface area (Å²) in [6.07, 6.45) is 1.92. The summed E-state index contributed by atoms with van der Waals surface area (Å²) in [5.41, 5.74) is 10.6. The molecule has 7 heteroatoms. The number of hydrogen-bond acceptors (Lipinski definition) is 4. The summed E-state index contributed by atoms with van der Waals surface area (Å²) in [5.74, 6) is 0.431. The minimum Gasteiger partial charge on any atom is -0.370 e. The minimum atomic E-state index is 0. The highest BCUT2D eigenvalue weighted by Crippen LogP contribution is 2.22. The largest absolute Gasteiger partial charge is 0.370 e. The molecule has 3 N–H and O–H groups in total. The van der Waals surface area contributed by atoms with Crippen LogP contribution in [0.5, 0.6) is 0 Å². The lowest BCUT2D eigenvalue weighted by Gasteiger charge is -2.14. The number of rotatable bonds is 6. The number of aromatic nitrogens is 1. The molecular weight excluding hydrogens is 433 g/mol. The second-order valence-electron chi connectivity index (χ2n) is 5.50. The van der Waals surface area contributed by atoms with Gasteiger partial charge in [-0.1, -0.05) is 32.0 Å². The van der Waals surface area contributed by atoms with Gasteiger partial charge in [0.1, 0.15) is 0 Å². The Morgan fingerprint density at radius 1 is 1.25 bits per heavy atom. The van der Waals surface area contributed by atoms with Crippen molar-refractivity contribution in [3.8, 4) is 0 Å². The molecule has 5 nitrogen and oxygen atoms in total. The Balaban J connectivity index is 0.00000288. The van der Waals surface area contributed by atoms with E-state index in [0.29, 0.717) is 12.5 Å². The first kappa shape index (κ1) is 20.7. The lowest BCUT2D eigenvalue weighted by atomic mass is 10.0. The molecule has 2 aromatic rings. The van der Waals surface area contributed by atoms with E-state index in [2.05, 4.69) is 47.3 Å². The summed E-state index contributed by atoms with van der Waals surface area (Å²) in [4.78, 5) is 10.9. The number of thiazole rings is 1. The van der Waals surface area contributed by atoms with Crippen molar-refractivity contribution >= 4 is 52.1 Å². The van der Waals surface area contributed by atoms with Crippen molar-refractivity contribution in [2.24, 2.45) is 10.7 Å². The average molecular weight is 459 g/mol. The number of para-hydroxylation sites is 1. The number of aliphatic imine (C=N–C) groups is 1. The van der Waals surface area contributed by atoms with E-state index in [4.69, 9.17) is 5.73 Å². The number of anilines is 2. The maximum atomic E-state index is 6.07. The zero-order valence-corrected chi connectivity index (χ0v) is 17.8. The number of hydrogen-bond donors (Lipinski definition) is 2. The van der Waals surface area contributed by atoms with E-state index in [1.807, 2.05) is 24.4 Å². The molecule has 0 saturated heterocycles. The summed E-state index contributed by atoms with van der Waals surface area (Å²) in [6.45, 7) is 4.77. The lowest BCUT2D eigenvalue weighted by Crippen LogP contribution is -2.24. The van der Waals surface area contributed by atoms with Crippen molar-refractivity contribution < 1.29 is 0 Å². The van der Waals surface area contributed by atoms with Crippen LogP contribution in [0, 0.1) is 0 Å². The van der Waals surface area contributed by atoms with Gasteiger partial charge in [0, 0.05) is 25.2 Å². The van der Waals surface area contributed by atoms with Gasteiger partial charge in [0.05, 0.1) is 12.2 Å². The average Bonchev–Trinajstić information content (AvgIpc) is 3.02. The maximum Gasteiger partial charge on any atom is 0.193 e. The third-order valence-corrected chi connectivity index (χ3v) is 4.64. The molecule has 0 spiro atoms. The van der Waals surface area contributed by atoms with Crippen molar-refractivity contribution in [1.82, 2.24) is 4.98 Å². The molecule has 2 rings (SSSR count). The second kappa shape index (κ2) is 9.83. The van der Waals surface area contributed by atoms with Crippen molar-refractivity contribution in [1.29, 1.82) is 0 Å². The summed E-state index contributed by atoms with van der Waals surface area (Å²) in [5, 5.41) is 6.27. The third-order valence-electron chi connectivity index (χ3n) is 3.59. The van der Waals surface area contributed by atoms with Gasteiger partial charge < -0.3 is 16.0 Å². The molecule has 0 atom stereocenters.